The Morgan fingerprint density at radius 2 is 1.90 bits per heavy atom. The topological polar surface area (TPSA) is 52.3 Å². The third kappa shape index (κ3) is 2.28. The fourth-order valence-electron chi connectivity index (χ4n) is 2.09. The smallest absolute Gasteiger partial charge is 0.402 e. The molecule has 20 heavy (non-hydrogen) atoms. The molecule has 2 aromatic carbocycles. The maximum absolute atomic E-state index is 12.1. The van der Waals surface area contributed by atoms with E-state index in [9.17, 15) is 4.79 Å². The summed E-state index contributed by atoms with van der Waals surface area (Å²) in [5, 5.41) is 0.524. The van der Waals surface area contributed by atoms with E-state index in [1.165, 1.54) is 0 Å². The Morgan fingerprint density at radius 1 is 1.10 bits per heavy atom. The van der Waals surface area contributed by atoms with Gasteiger partial charge in [-0.3, -0.25) is 0 Å². The number of aromatic nitrogens is 1. The second kappa shape index (κ2) is 5.17. The van der Waals surface area contributed by atoms with Crippen molar-refractivity contribution in [3.8, 4) is 11.8 Å². The lowest BCUT2D eigenvalue weighted by atomic mass is 10.1. The van der Waals surface area contributed by atoms with Crippen molar-refractivity contribution >= 4 is 10.9 Å². The first-order valence-electron chi connectivity index (χ1n) is 6.43. The van der Waals surface area contributed by atoms with E-state index in [0.717, 1.165) is 12.0 Å². The van der Waals surface area contributed by atoms with Crippen LogP contribution >= 0.6 is 0 Å². The van der Waals surface area contributed by atoms with Gasteiger partial charge in [0.2, 0.25) is 0 Å². The van der Waals surface area contributed by atoms with E-state index < -0.39 is 5.63 Å². The van der Waals surface area contributed by atoms with E-state index in [-0.39, 0.29) is 6.08 Å². The predicted octanol–water partition coefficient (Wildman–Crippen LogP) is 3.54. The van der Waals surface area contributed by atoms with Crippen molar-refractivity contribution in [2.45, 2.75) is 13.3 Å². The van der Waals surface area contributed by atoms with E-state index in [0.29, 0.717) is 16.7 Å². The predicted molar refractivity (Wildman–Crippen MR) is 76.2 cm³/mol. The highest BCUT2D eigenvalue weighted by molar-refractivity contribution is 5.80. The van der Waals surface area contributed by atoms with Crippen LogP contribution in [0.25, 0.3) is 10.9 Å². The summed E-state index contributed by atoms with van der Waals surface area (Å²) in [5.74, 6) is 0.578. The van der Waals surface area contributed by atoms with E-state index >= 15 is 0 Å². The van der Waals surface area contributed by atoms with Crippen molar-refractivity contribution in [1.29, 1.82) is 0 Å². The van der Waals surface area contributed by atoms with Gasteiger partial charge in [-0.2, -0.15) is 4.98 Å². The number of fused-ring (bicyclic) bond motifs is 1. The van der Waals surface area contributed by atoms with Crippen molar-refractivity contribution < 1.29 is 9.15 Å². The Bertz CT molecular complexity index is 794. The molecule has 0 fully saturated rings. The molecule has 1 heterocycles. The lowest BCUT2D eigenvalue weighted by molar-refractivity contribution is 0.307. The molecule has 0 bridgehead atoms. The molecule has 4 heteroatoms. The van der Waals surface area contributed by atoms with Crippen molar-refractivity contribution in [2.24, 2.45) is 0 Å². The molecule has 0 saturated carbocycles. The van der Waals surface area contributed by atoms with Gasteiger partial charge in [0.15, 0.2) is 0 Å². The molecule has 0 aliphatic heterocycles. The molecule has 0 aliphatic carbocycles. The standard InChI is InChI=1S/C16H13NO3/c1-2-11-7-6-10-13-14(11)15(18)20-16(17-13)19-12-8-4-3-5-9-12/h3-10H,2H2,1H3. The molecular weight excluding hydrogens is 254 g/mol. The zero-order valence-electron chi connectivity index (χ0n) is 11.0. The maximum Gasteiger partial charge on any atom is 0.402 e. The minimum atomic E-state index is -0.418. The number of benzene rings is 2. The molecule has 3 aromatic rings. The molecule has 0 aliphatic rings. The van der Waals surface area contributed by atoms with Gasteiger partial charge in [-0.15, -0.1) is 0 Å². The Hall–Kier alpha value is -2.62. The summed E-state index contributed by atoms with van der Waals surface area (Å²) in [6.07, 6.45) is 0.713. The fourth-order valence-corrected chi connectivity index (χ4v) is 2.09. The minimum Gasteiger partial charge on any atom is -0.411 e. The Balaban J connectivity index is 2.09. The lowest BCUT2D eigenvalue weighted by Crippen LogP contribution is -2.05. The number of ether oxygens (including phenoxy) is 1. The molecule has 0 saturated heterocycles. The number of hydrogen-bond donors (Lipinski definition) is 0. The zero-order valence-corrected chi connectivity index (χ0v) is 11.0. The van der Waals surface area contributed by atoms with Gasteiger partial charge in [-0.1, -0.05) is 37.3 Å². The van der Waals surface area contributed by atoms with Gasteiger partial charge < -0.3 is 9.15 Å². The summed E-state index contributed by atoms with van der Waals surface area (Å²) in [7, 11) is 0. The second-order valence-corrected chi connectivity index (χ2v) is 4.35. The molecule has 0 unspecified atom stereocenters. The van der Waals surface area contributed by atoms with Crippen LogP contribution < -0.4 is 10.4 Å². The highest BCUT2D eigenvalue weighted by Gasteiger charge is 2.10. The first-order valence-corrected chi connectivity index (χ1v) is 6.43. The molecule has 0 radical (unpaired) electrons. The van der Waals surface area contributed by atoms with Crippen LogP contribution in [0.1, 0.15) is 12.5 Å². The van der Waals surface area contributed by atoms with Crippen LogP contribution in [-0.2, 0) is 6.42 Å². The van der Waals surface area contributed by atoms with Gasteiger partial charge in [-0.05, 0) is 30.2 Å². The minimum absolute atomic E-state index is 0.0399. The molecule has 3 rings (SSSR count). The number of para-hydroxylation sites is 1. The highest BCUT2D eigenvalue weighted by Crippen LogP contribution is 2.21. The van der Waals surface area contributed by atoms with Crippen molar-refractivity contribution in [3.63, 3.8) is 0 Å². The normalized spacial score (nSPS) is 10.7. The van der Waals surface area contributed by atoms with Crippen LogP contribution in [0.5, 0.6) is 11.8 Å². The quantitative estimate of drug-likeness (QED) is 0.728. The summed E-state index contributed by atoms with van der Waals surface area (Å²) < 4.78 is 10.6. The van der Waals surface area contributed by atoms with Crippen LogP contribution in [0.15, 0.2) is 57.7 Å². The van der Waals surface area contributed by atoms with Crippen LogP contribution in [0.2, 0.25) is 0 Å². The van der Waals surface area contributed by atoms with Crippen LogP contribution in [0, 0.1) is 0 Å². The van der Waals surface area contributed by atoms with Crippen LogP contribution in [-0.4, -0.2) is 4.98 Å². The fraction of sp³-hybridized carbons (Fsp3) is 0.125. The van der Waals surface area contributed by atoms with Crippen LogP contribution in [0.3, 0.4) is 0 Å². The molecule has 4 nitrogen and oxygen atoms in total. The molecule has 0 atom stereocenters. The largest absolute Gasteiger partial charge is 0.411 e. The third-order valence-electron chi connectivity index (χ3n) is 3.05. The highest BCUT2D eigenvalue weighted by atomic mass is 16.6. The van der Waals surface area contributed by atoms with Gasteiger partial charge in [0.05, 0.1) is 10.9 Å². The molecule has 100 valence electrons. The van der Waals surface area contributed by atoms with E-state index in [2.05, 4.69) is 4.98 Å². The lowest BCUT2D eigenvalue weighted by Gasteiger charge is -2.05. The summed E-state index contributed by atoms with van der Waals surface area (Å²) in [4.78, 5) is 16.3. The van der Waals surface area contributed by atoms with E-state index in [1.54, 1.807) is 18.2 Å². The van der Waals surface area contributed by atoms with Gasteiger partial charge in [0, 0.05) is 0 Å². The molecule has 0 amide bonds. The van der Waals surface area contributed by atoms with Crippen LogP contribution in [0.4, 0.5) is 0 Å². The monoisotopic (exact) mass is 267 g/mol. The average Bonchev–Trinajstić information content (AvgIpc) is 2.47. The average molecular weight is 267 g/mol. The number of nitrogens with zero attached hydrogens (tertiary/aromatic N) is 1. The molecular formula is C16H13NO3. The Morgan fingerprint density at radius 3 is 2.65 bits per heavy atom. The SMILES string of the molecule is CCc1cccc2nc(Oc3ccccc3)oc(=O)c12. The van der Waals surface area contributed by atoms with Crippen molar-refractivity contribution in [2.75, 3.05) is 0 Å². The zero-order chi connectivity index (χ0) is 13.9. The van der Waals surface area contributed by atoms with Gasteiger partial charge in [0.1, 0.15) is 5.75 Å². The number of rotatable bonds is 3. The first-order chi connectivity index (χ1) is 9.78. The van der Waals surface area contributed by atoms with Gasteiger partial charge in [-0.25, -0.2) is 4.79 Å². The van der Waals surface area contributed by atoms with Crippen molar-refractivity contribution in [3.05, 3.63) is 64.5 Å². The Labute approximate surface area is 115 Å². The molecule has 0 spiro atoms. The van der Waals surface area contributed by atoms with Gasteiger partial charge in [0.25, 0.3) is 0 Å². The third-order valence-corrected chi connectivity index (χ3v) is 3.05. The molecule has 1 aromatic heterocycles. The first kappa shape index (κ1) is 12.4. The summed E-state index contributed by atoms with van der Waals surface area (Å²) in [6, 6.07) is 14.7. The van der Waals surface area contributed by atoms with Gasteiger partial charge >= 0.3 is 11.7 Å². The Kier molecular flexibility index (Phi) is 3.21. The second-order valence-electron chi connectivity index (χ2n) is 4.35. The molecule has 0 N–H and O–H groups in total. The number of aryl methyl sites for hydroxylation is 1. The summed E-state index contributed by atoms with van der Waals surface area (Å²) >= 11 is 0. The summed E-state index contributed by atoms with van der Waals surface area (Å²) in [6.45, 7) is 1.99. The maximum atomic E-state index is 12.1. The number of hydrogen-bond acceptors (Lipinski definition) is 4. The summed E-state index contributed by atoms with van der Waals surface area (Å²) in [5.41, 5.74) is 1.10. The van der Waals surface area contributed by atoms with E-state index in [4.69, 9.17) is 9.15 Å². The van der Waals surface area contributed by atoms with Crippen molar-refractivity contribution in [1.82, 2.24) is 4.98 Å². The van der Waals surface area contributed by atoms with E-state index in [1.807, 2.05) is 37.3 Å².